The lowest BCUT2D eigenvalue weighted by molar-refractivity contribution is -0.00813. The van der Waals surface area contributed by atoms with Crippen LogP contribution in [-0.2, 0) is 11.8 Å². The number of nitrogens with one attached hydrogen (secondary N) is 1. The number of rotatable bonds is 4. The molecule has 4 rings (SSSR count). The van der Waals surface area contributed by atoms with Gasteiger partial charge in [-0.3, -0.25) is 9.67 Å². The Balaban J connectivity index is 1.36. The number of guanidine groups is 1. The molecule has 6 heteroatoms. The van der Waals surface area contributed by atoms with Crippen LogP contribution < -0.4 is 5.32 Å². The predicted molar refractivity (Wildman–Crippen MR) is 103 cm³/mol. The van der Waals surface area contributed by atoms with E-state index in [2.05, 4.69) is 28.4 Å². The number of nitrogens with zero attached hydrogens (tertiary/aromatic N) is 4. The molecule has 0 bridgehead atoms. The molecule has 1 aromatic rings. The van der Waals surface area contributed by atoms with Crippen LogP contribution in [-0.4, -0.2) is 52.9 Å². The zero-order valence-corrected chi connectivity index (χ0v) is 16.2. The number of hydrogen-bond donors (Lipinski definition) is 1. The van der Waals surface area contributed by atoms with Gasteiger partial charge in [-0.15, -0.1) is 0 Å². The molecule has 2 heterocycles. The quantitative estimate of drug-likeness (QED) is 0.663. The lowest BCUT2D eigenvalue weighted by atomic mass is 9.85. The van der Waals surface area contributed by atoms with Crippen molar-refractivity contribution in [2.75, 3.05) is 26.2 Å². The van der Waals surface area contributed by atoms with E-state index in [9.17, 15) is 0 Å². The fourth-order valence-electron chi connectivity index (χ4n) is 4.67. The van der Waals surface area contributed by atoms with Crippen molar-refractivity contribution >= 4 is 5.96 Å². The Labute approximate surface area is 157 Å². The van der Waals surface area contributed by atoms with Crippen LogP contribution in [0.25, 0.3) is 0 Å². The Bertz CT molecular complexity index is 621. The first-order valence-corrected chi connectivity index (χ1v) is 10.4. The summed E-state index contributed by atoms with van der Waals surface area (Å²) in [5.74, 6) is 2.89. The molecule has 0 aromatic carbocycles. The molecule has 1 saturated heterocycles. The molecule has 2 aliphatic carbocycles. The van der Waals surface area contributed by atoms with Crippen LogP contribution in [0, 0.1) is 11.8 Å². The maximum absolute atomic E-state index is 6.00. The fraction of sp³-hybridized carbons (Fsp3) is 0.800. The van der Waals surface area contributed by atoms with E-state index in [-0.39, 0.29) is 6.10 Å². The average Bonchev–Trinajstić information content (AvgIpc) is 3.31. The van der Waals surface area contributed by atoms with Crippen LogP contribution >= 0.6 is 0 Å². The van der Waals surface area contributed by atoms with Crippen molar-refractivity contribution in [1.82, 2.24) is 20.0 Å². The van der Waals surface area contributed by atoms with Crippen LogP contribution in [0.5, 0.6) is 0 Å². The first kappa shape index (κ1) is 17.8. The van der Waals surface area contributed by atoms with Crippen molar-refractivity contribution in [2.24, 2.45) is 23.9 Å². The topological polar surface area (TPSA) is 54.7 Å². The van der Waals surface area contributed by atoms with Crippen molar-refractivity contribution in [3.05, 3.63) is 18.0 Å². The minimum Gasteiger partial charge on any atom is -0.370 e. The normalized spacial score (nSPS) is 30.5. The molecule has 0 amide bonds. The minimum atomic E-state index is 0.0784. The Kier molecular flexibility index (Phi) is 5.48. The Morgan fingerprint density at radius 1 is 1.35 bits per heavy atom. The van der Waals surface area contributed by atoms with Gasteiger partial charge in [0.15, 0.2) is 5.96 Å². The van der Waals surface area contributed by atoms with Gasteiger partial charge in [-0.05, 0) is 25.2 Å². The summed E-state index contributed by atoms with van der Waals surface area (Å²) in [6.45, 7) is 5.42. The molecular weight excluding hydrogens is 326 g/mol. The zero-order valence-electron chi connectivity index (χ0n) is 16.2. The largest absolute Gasteiger partial charge is 0.370 e. The van der Waals surface area contributed by atoms with Gasteiger partial charge in [0.25, 0.3) is 0 Å². The number of aryl methyl sites for hydroxylation is 1. The Morgan fingerprint density at radius 3 is 2.92 bits per heavy atom. The molecule has 3 atom stereocenters. The van der Waals surface area contributed by atoms with E-state index >= 15 is 0 Å². The SMILES string of the molecule is CCN=C(NC1CC1C1CCCCC1)N1CCOC(c2cnn(C)c2)C1. The molecule has 3 fully saturated rings. The second-order valence-corrected chi connectivity index (χ2v) is 8.10. The van der Waals surface area contributed by atoms with Gasteiger partial charge in [-0.25, -0.2) is 0 Å². The van der Waals surface area contributed by atoms with Gasteiger partial charge >= 0.3 is 0 Å². The third-order valence-corrected chi connectivity index (χ3v) is 6.18. The number of ether oxygens (including phenoxy) is 1. The Morgan fingerprint density at radius 2 is 2.19 bits per heavy atom. The summed E-state index contributed by atoms with van der Waals surface area (Å²) in [7, 11) is 1.95. The molecule has 2 saturated carbocycles. The van der Waals surface area contributed by atoms with Crippen LogP contribution in [0.2, 0.25) is 0 Å². The van der Waals surface area contributed by atoms with Crippen molar-refractivity contribution in [1.29, 1.82) is 0 Å². The van der Waals surface area contributed by atoms with Crippen LogP contribution in [0.4, 0.5) is 0 Å². The summed E-state index contributed by atoms with van der Waals surface area (Å²) in [6, 6.07) is 0.628. The highest BCUT2D eigenvalue weighted by Crippen LogP contribution is 2.44. The van der Waals surface area contributed by atoms with Gasteiger partial charge in [0.2, 0.25) is 0 Å². The highest BCUT2D eigenvalue weighted by Gasteiger charge is 2.44. The lowest BCUT2D eigenvalue weighted by Gasteiger charge is -2.35. The van der Waals surface area contributed by atoms with Crippen LogP contribution in [0.3, 0.4) is 0 Å². The molecule has 1 N–H and O–H groups in total. The molecule has 1 aromatic heterocycles. The van der Waals surface area contributed by atoms with E-state index in [0.717, 1.165) is 49.6 Å². The van der Waals surface area contributed by atoms with E-state index in [4.69, 9.17) is 9.73 Å². The fourth-order valence-corrected chi connectivity index (χ4v) is 4.67. The molecule has 0 radical (unpaired) electrons. The first-order chi connectivity index (χ1) is 12.7. The van der Waals surface area contributed by atoms with Crippen LogP contribution in [0.15, 0.2) is 17.4 Å². The Hall–Kier alpha value is -1.56. The molecular formula is C20H33N5O. The van der Waals surface area contributed by atoms with E-state index in [1.807, 2.05) is 17.9 Å². The van der Waals surface area contributed by atoms with Crippen molar-refractivity contribution < 1.29 is 4.74 Å². The first-order valence-electron chi connectivity index (χ1n) is 10.4. The van der Waals surface area contributed by atoms with Crippen LogP contribution in [0.1, 0.15) is 57.1 Å². The summed E-state index contributed by atoms with van der Waals surface area (Å²) in [5, 5.41) is 8.08. The minimum absolute atomic E-state index is 0.0784. The monoisotopic (exact) mass is 359 g/mol. The second kappa shape index (κ2) is 7.99. The summed E-state index contributed by atoms with van der Waals surface area (Å²) in [5.41, 5.74) is 1.15. The van der Waals surface area contributed by atoms with Crippen molar-refractivity contribution in [3.63, 3.8) is 0 Å². The van der Waals surface area contributed by atoms with Gasteiger partial charge in [-0.2, -0.15) is 5.10 Å². The van der Waals surface area contributed by atoms with Crippen molar-refractivity contribution in [2.45, 2.75) is 57.6 Å². The summed E-state index contributed by atoms with van der Waals surface area (Å²) in [6.07, 6.45) is 12.5. The highest BCUT2D eigenvalue weighted by atomic mass is 16.5. The molecule has 1 aliphatic heterocycles. The summed E-state index contributed by atoms with van der Waals surface area (Å²) in [4.78, 5) is 7.17. The molecule has 3 unspecified atom stereocenters. The number of hydrogen-bond acceptors (Lipinski definition) is 3. The maximum atomic E-state index is 6.00. The predicted octanol–water partition coefficient (Wildman–Crippen LogP) is 2.73. The number of morpholine rings is 1. The third-order valence-electron chi connectivity index (χ3n) is 6.18. The lowest BCUT2D eigenvalue weighted by Crippen LogP contribution is -2.49. The van der Waals surface area contributed by atoms with Gasteiger partial charge < -0.3 is 15.0 Å². The molecule has 144 valence electrons. The van der Waals surface area contributed by atoms with Gasteiger partial charge in [0, 0.05) is 37.9 Å². The van der Waals surface area contributed by atoms with Gasteiger partial charge in [0.05, 0.1) is 19.3 Å². The molecule has 26 heavy (non-hydrogen) atoms. The van der Waals surface area contributed by atoms with E-state index in [1.54, 1.807) is 0 Å². The van der Waals surface area contributed by atoms with Gasteiger partial charge in [-0.1, -0.05) is 32.1 Å². The maximum Gasteiger partial charge on any atom is 0.194 e. The smallest absolute Gasteiger partial charge is 0.194 e. The van der Waals surface area contributed by atoms with E-state index in [1.165, 1.54) is 38.5 Å². The average molecular weight is 360 g/mol. The summed E-state index contributed by atoms with van der Waals surface area (Å²) >= 11 is 0. The second-order valence-electron chi connectivity index (χ2n) is 8.10. The third kappa shape index (κ3) is 4.05. The summed E-state index contributed by atoms with van der Waals surface area (Å²) < 4.78 is 7.84. The standard InChI is InChI=1S/C20H33N5O/c1-3-21-20(23-18-11-17(18)15-7-5-4-6-8-15)25-9-10-26-19(14-25)16-12-22-24(2)13-16/h12-13,15,17-19H,3-11,14H2,1-2H3,(H,21,23). The molecule has 3 aliphatic rings. The number of aliphatic imine (C=N–C) groups is 1. The van der Waals surface area contributed by atoms with E-state index < -0.39 is 0 Å². The van der Waals surface area contributed by atoms with Gasteiger partial charge in [0.1, 0.15) is 6.10 Å². The van der Waals surface area contributed by atoms with E-state index in [0.29, 0.717) is 6.04 Å². The molecule has 6 nitrogen and oxygen atoms in total. The molecule has 0 spiro atoms. The van der Waals surface area contributed by atoms with Crippen molar-refractivity contribution in [3.8, 4) is 0 Å². The highest BCUT2D eigenvalue weighted by molar-refractivity contribution is 5.80. The zero-order chi connectivity index (χ0) is 17.9. The number of aromatic nitrogens is 2.